The molecule has 2 rings (SSSR count). The fourth-order valence-electron chi connectivity index (χ4n) is 3.08. The molecule has 0 aliphatic carbocycles. The van der Waals surface area contributed by atoms with Crippen LogP contribution in [0.4, 0.5) is 0 Å². The summed E-state index contributed by atoms with van der Waals surface area (Å²) in [5, 5.41) is 12.2. The average Bonchev–Trinajstić information content (AvgIpc) is 2.66. The number of likely N-dealkylation sites (tertiary alicyclic amines) is 1. The highest BCUT2D eigenvalue weighted by molar-refractivity contribution is 5.73. The summed E-state index contributed by atoms with van der Waals surface area (Å²) in [6.07, 6.45) is 3.01. The standard InChI is InChI=1S/C16H24N2O2/c1-17-15(16(19)20)14-8-5-10-18(11-9-14)12-13-6-3-2-4-7-13/h2-4,6-7,14-15,17H,5,8-12H2,1H3,(H,19,20). The van der Waals surface area contributed by atoms with E-state index in [4.69, 9.17) is 0 Å². The van der Waals surface area contributed by atoms with E-state index in [1.54, 1.807) is 7.05 Å². The number of rotatable bonds is 5. The van der Waals surface area contributed by atoms with Crippen molar-refractivity contribution in [3.8, 4) is 0 Å². The summed E-state index contributed by atoms with van der Waals surface area (Å²) in [4.78, 5) is 13.7. The Morgan fingerprint density at radius 2 is 2.10 bits per heavy atom. The molecule has 0 saturated carbocycles. The fraction of sp³-hybridized carbons (Fsp3) is 0.562. The number of aliphatic carboxylic acids is 1. The first-order chi connectivity index (χ1) is 9.70. The Balaban J connectivity index is 1.90. The summed E-state index contributed by atoms with van der Waals surface area (Å²) >= 11 is 0. The van der Waals surface area contributed by atoms with E-state index in [2.05, 4.69) is 34.5 Å². The van der Waals surface area contributed by atoms with Gasteiger partial charge in [0.1, 0.15) is 6.04 Å². The predicted octanol–water partition coefficient (Wildman–Crippen LogP) is 1.96. The first-order valence-electron chi connectivity index (χ1n) is 7.37. The Morgan fingerprint density at radius 1 is 1.35 bits per heavy atom. The Bertz CT molecular complexity index is 422. The average molecular weight is 276 g/mol. The molecular formula is C16H24N2O2. The molecule has 1 heterocycles. The fourth-order valence-corrected chi connectivity index (χ4v) is 3.08. The normalized spacial score (nSPS) is 22.1. The molecule has 1 aromatic rings. The predicted molar refractivity (Wildman–Crippen MR) is 79.5 cm³/mol. The zero-order valence-electron chi connectivity index (χ0n) is 12.1. The third-order valence-corrected chi connectivity index (χ3v) is 4.16. The molecule has 1 aliphatic rings. The summed E-state index contributed by atoms with van der Waals surface area (Å²) in [5.74, 6) is -0.493. The van der Waals surface area contributed by atoms with E-state index >= 15 is 0 Å². The lowest BCUT2D eigenvalue weighted by Crippen LogP contribution is -2.41. The summed E-state index contributed by atoms with van der Waals surface area (Å²) in [5.41, 5.74) is 1.33. The van der Waals surface area contributed by atoms with Crippen LogP contribution in [-0.2, 0) is 11.3 Å². The van der Waals surface area contributed by atoms with Gasteiger partial charge in [-0.3, -0.25) is 9.69 Å². The lowest BCUT2D eigenvalue weighted by molar-refractivity contribution is -0.140. The maximum atomic E-state index is 11.2. The molecule has 1 saturated heterocycles. The number of likely N-dealkylation sites (N-methyl/N-ethyl adjacent to an activating group) is 1. The number of hydrogen-bond acceptors (Lipinski definition) is 3. The molecule has 0 bridgehead atoms. The maximum Gasteiger partial charge on any atom is 0.320 e. The van der Waals surface area contributed by atoms with Gasteiger partial charge in [0.2, 0.25) is 0 Å². The lowest BCUT2D eigenvalue weighted by atomic mass is 9.92. The highest BCUT2D eigenvalue weighted by Crippen LogP contribution is 2.22. The van der Waals surface area contributed by atoms with Crippen molar-refractivity contribution < 1.29 is 9.90 Å². The van der Waals surface area contributed by atoms with Crippen LogP contribution in [0.5, 0.6) is 0 Å². The summed E-state index contributed by atoms with van der Waals surface area (Å²) in [6, 6.07) is 10.1. The molecule has 0 radical (unpaired) electrons. The minimum Gasteiger partial charge on any atom is -0.480 e. The first kappa shape index (κ1) is 15.0. The molecule has 110 valence electrons. The smallest absolute Gasteiger partial charge is 0.320 e. The highest BCUT2D eigenvalue weighted by Gasteiger charge is 2.28. The van der Waals surface area contributed by atoms with Gasteiger partial charge in [-0.15, -0.1) is 0 Å². The molecule has 2 unspecified atom stereocenters. The van der Waals surface area contributed by atoms with Crippen molar-refractivity contribution in [3.63, 3.8) is 0 Å². The number of benzene rings is 1. The first-order valence-corrected chi connectivity index (χ1v) is 7.37. The van der Waals surface area contributed by atoms with Gasteiger partial charge in [0.05, 0.1) is 0 Å². The molecule has 4 nitrogen and oxygen atoms in total. The molecule has 20 heavy (non-hydrogen) atoms. The van der Waals surface area contributed by atoms with E-state index < -0.39 is 12.0 Å². The minimum absolute atomic E-state index is 0.235. The Morgan fingerprint density at radius 3 is 2.75 bits per heavy atom. The molecule has 0 spiro atoms. The monoisotopic (exact) mass is 276 g/mol. The third kappa shape index (κ3) is 4.05. The number of nitrogens with zero attached hydrogens (tertiary/aromatic N) is 1. The maximum absolute atomic E-state index is 11.2. The number of carboxylic acid groups (broad SMARTS) is 1. The van der Waals surface area contributed by atoms with Gasteiger partial charge in [0.25, 0.3) is 0 Å². The van der Waals surface area contributed by atoms with E-state index in [-0.39, 0.29) is 5.92 Å². The van der Waals surface area contributed by atoms with Crippen molar-refractivity contribution in [2.24, 2.45) is 5.92 Å². The van der Waals surface area contributed by atoms with Gasteiger partial charge >= 0.3 is 5.97 Å². The second kappa shape index (κ2) is 7.41. The molecular weight excluding hydrogens is 252 g/mol. The van der Waals surface area contributed by atoms with Crippen LogP contribution in [0.25, 0.3) is 0 Å². The van der Waals surface area contributed by atoms with E-state index in [9.17, 15) is 9.90 Å². The molecule has 2 N–H and O–H groups in total. The zero-order chi connectivity index (χ0) is 14.4. The minimum atomic E-state index is -0.728. The summed E-state index contributed by atoms with van der Waals surface area (Å²) in [7, 11) is 1.74. The van der Waals surface area contributed by atoms with Crippen LogP contribution >= 0.6 is 0 Å². The number of carbonyl (C=O) groups is 1. The van der Waals surface area contributed by atoms with Crippen molar-refractivity contribution in [1.82, 2.24) is 10.2 Å². The lowest BCUT2D eigenvalue weighted by Gasteiger charge is -2.23. The van der Waals surface area contributed by atoms with Gasteiger partial charge in [0.15, 0.2) is 0 Å². The van der Waals surface area contributed by atoms with E-state index in [0.29, 0.717) is 0 Å². The van der Waals surface area contributed by atoms with Gasteiger partial charge in [-0.1, -0.05) is 30.3 Å². The highest BCUT2D eigenvalue weighted by atomic mass is 16.4. The molecule has 1 aromatic carbocycles. The largest absolute Gasteiger partial charge is 0.480 e. The second-order valence-electron chi connectivity index (χ2n) is 5.56. The van der Waals surface area contributed by atoms with Gasteiger partial charge in [-0.25, -0.2) is 0 Å². The van der Waals surface area contributed by atoms with Crippen molar-refractivity contribution in [1.29, 1.82) is 0 Å². The Labute approximate surface area is 120 Å². The van der Waals surface area contributed by atoms with Crippen LogP contribution in [0.3, 0.4) is 0 Å². The van der Waals surface area contributed by atoms with Gasteiger partial charge in [-0.05, 0) is 50.9 Å². The Hall–Kier alpha value is -1.39. The molecule has 2 atom stereocenters. The molecule has 0 aromatic heterocycles. The summed E-state index contributed by atoms with van der Waals surface area (Å²) in [6.45, 7) is 3.00. The Kier molecular flexibility index (Phi) is 5.56. The number of carboxylic acids is 1. The van der Waals surface area contributed by atoms with E-state index in [0.717, 1.165) is 38.9 Å². The van der Waals surface area contributed by atoms with Crippen LogP contribution in [0.15, 0.2) is 30.3 Å². The molecule has 1 fully saturated rings. The van der Waals surface area contributed by atoms with Crippen LogP contribution in [0.1, 0.15) is 24.8 Å². The van der Waals surface area contributed by atoms with Crippen molar-refractivity contribution in [2.75, 3.05) is 20.1 Å². The molecule has 1 aliphatic heterocycles. The SMILES string of the molecule is CNC(C(=O)O)C1CCCN(Cc2ccccc2)CC1. The van der Waals surface area contributed by atoms with Gasteiger partial charge in [-0.2, -0.15) is 0 Å². The van der Waals surface area contributed by atoms with Crippen LogP contribution < -0.4 is 5.32 Å². The number of nitrogens with one attached hydrogen (secondary N) is 1. The molecule has 4 heteroatoms. The van der Waals surface area contributed by atoms with Crippen LogP contribution in [0, 0.1) is 5.92 Å². The third-order valence-electron chi connectivity index (χ3n) is 4.16. The zero-order valence-corrected chi connectivity index (χ0v) is 12.1. The number of hydrogen-bond donors (Lipinski definition) is 2. The van der Waals surface area contributed by atoms with Crippen molar-refractivity contribution in [2.45, 2.75) is 31.8 Å². The quantitative estimate of drug-likeness (QED) is 0.863. The van der Waals surface area contributed by atoms with Gasteiger partial charge < -0.3 is 10.4 Å². The summed E-state index contributed by atoms with van der Waals surface area (Å²) < 4.78 is 0. The van der Waals surface area contributed by atoms with Gasteiger partial charge in [0, 0.05) is 6.54 Å². The van der Waals surface area contributed by atoms with Crippen molar-refractivity contribution in [3.05, 3.63) is 35.9 Å². The van der Waals surface area contributed by atoms with E-state index in [1.165, 1.54) is 5.56 Å². The second-order valence-corrected chi connectivity index (χ2v) is 5.56. The van der Waals surface area contributed by atoms with Crippen LogP contribution in [0.2, 0.25) is 0 Å². The topological polar surface area (TPSA) is 52.6 Å². The van der Waals surface area contributed by atoms with Crippen LogP contribution in [-0.4, -0.2) is 42.2 Å². The van der Waals surface area contributed by atoms with E-state index in [1.807, 2.05) is 6.07 Å². The van der Waals surface area contributed by atoms with Crippen molar-refractivity contribution >= 4 is 5.97 Å². The molecule has 0 amide bonds.